The van der Waals surface area contributed by atoms with Crippen LogP contribution < -0.4 is 10.2 Å². The number of nitrogens with zero attached hydrogens (tertiary/aromatic N) is 2. The van der Waals surface area contributed by atoms with E-state index in [1.807, 2.05) is 6.07 Å². The SMILES string of the molecule is O=C(NCC(c1cccs1)N1CCCC1)C1CC(=O)N(c2ccccc2F)C1. The van der Waals surface area contributed by atoms with E-state index in [9.17, 15) is 14.0 Å². The normalized spacial score (nSPS) is 21.2. The van der Waals surface area contributed by atoms with Crippen molar-refractivity contribution in [3.8, 4) is 0 Å². The van der Waals surface area contributed by atoms with Crippen LogP contribution >= 0.6 is 11.3 Å². The Morgan fingerprint density at radius 3 is 2.71 bits per heavy atom. The van der Waals surface area contributed by atoms with Gasteiger partial charge in [-0.25, -0.2) is 4.39 Å². The van der Waals surface area contributed by atoms with Crippen molar-refractivity contribution in [1.29, 1.82) is 0 Å². The number of amides is 2. The van der Waals surface area contributed by atoms with Crippen molar-refractivity contribution in [3.63, 3.8) is 0 Å². The molecule has 1 aromatic heterocycles. The zero-order chi connectivity index (χ0) is 19.5. The van der Waals surface area contributed by atoms with E-state index in [0.717, 1.165) is 13.1 Å². The second kappa shape index (κ2) is 8.41. The Morgan fingerprint density at radius 2 is 2.00 bits per heavy atom. The molecule has 1 N–H and O–H groups in total. The highest BCUT2D eigenvalue weighted by Gasteiger charge is 2.36. The quantitative estimate of drug-likeness (QED) is 0.809. The summed E-state index contributed by atoms with van der Waals surface area (Å²) < 4.78 is 14.0. The van der Waals surface area contributed by atoms with Gasteiger partial charge < -0.3 is 10.2 Å². The first-order valence-electron chi connectivity index (χ1n) is 9.73. The van der Waals surface area contributed by atoms with Crippen molar-refractivity contribution in [1.82, 2.24) is 10.2 Å². The minimum Gasteiger partial charge on any atom is -0.354 e. The third-order valence-electron chi connectivity index (χ3n) is 5.56. The van der Waals surface area contributed by atoms with E-state index in [0.29, 0.717) is 6.54 Å². The van der Waals surface area contributed by atoms with Crippen LogP contribution in [0.2, 0.25) is 0 Å². The van der Waals surface area contributed by atoms with Crippen LogP contribution in [0.4, 0.5) is 10.1 Å². The lowest BCUT2D eigenvalue weighted by Gasteiger charge is -2.27. The van der Waals surface area contributed by atoms with E-state index in [-0.39, 0.29) is 36.5 Å². The summed E-state index contributed by atoms with van der Waals surface area (Å²) >= 11 is 1.70. The molecule has 2 atom stereocenters. The molecule has 0 aliphatic carbocycles. The molecule has 7 heteroatoms. The van der Waals surface area contributed by atoms with Crippen LogP contribution in [-0.4, -0.2) is 42.9 Å². The largest absolute Gasteiger partial charge is 0.354 e. The van der Waals surface area contributed by atoms with Crippen molar-refractivity contribution < 1.29 is 14.0 Å². The molecule has 0 radical (unpaired) electrons. The standard InChI is InChI=1S/C21H24FN3O2S/c22-16-6-1-2-7-17(16)25-14-15(12-20(25)26)21(27)23-13-18(19-8-5-11-28-19)24-9-3-4-10-24/h1-2,5-8,11,15,18H,3-4,9-10,12-14H2,(H,23,27). The van der Waals surface area contributed by atoms with Crippen molar-refractivity contribution >= 4 is 28.8 Å². The number of halogens is 1. The van der Waals surface area contributed by atoms with Crippen molar-refractivity contribution in [2.45, 2.75) is 25.3 Å². The van der Waals surface area contributed by atoms with Gasteiger partial charge in [0.05, 0.1) is 17.6 Å². The summed E-state index contributed by atoms with van der Waals surface area (Å²) in [5.74, 6) is -1.23. The number of thiophene rings is 1. The van der Waals surface area contributed by atoms with Crippen molar-refractivity contribution in [2.24, 2.45) is 5.92 Å². The predicted octanol–water partition coefficient (Wildman–Crippen LogP) is 3.19. The van der Waals surface area contributed by atoms with Gasteiger partial charge in [-0.1, -0.05) is 18.2 Å². The molecule has 2 aliphatic heterocycles. The Labute approximate surface area is 168 Å². The summed E-state index contributed by atoms with van der Waals surface area (Å²) in [4.78, 5) is 30.1. The molecule has 0 saturated carbocycles. The fourth-order valence-corrected chi connectivity index (χ4v) is 4.93. The zero-order valence-corrected chi connectivity index (χ0v) is 16.5. The highest BCUT2D eigenvalue weighted by Crippen LogP contribution is 2.29. The number of rotatable bonds is 6. The molecule has 2 aromatic rings. The Hall–Kier alpha value is -2.25. The Bertz CT molecular complexity index is 836. The maximum atomic E-state index is 14.0. The average molecular weight is 402 g/mol. The maximum Gasteiger partial charge on any atom is 0.227 e. The van der Waals surface area contributed by atoms with Gasteiger partial charge in [-0.2, -0.15) is 0 Å². The number of hydrogen-bond acceptors (Lipinski definition) is 4. The van der Waals surface area contributed by atoms with Gasteiger partial charge in [-0.3, -0.25) is 14.5 Å². The lowest BCUT2D eigenvalue weighted by atomic mass is 10.1. The number of likely N-dealkylation sites (tertiary alicyclic amines) is 1. The summed E-state index contributed by atoms with van der Waals surface area (Å²) in [7, 11) is 0. The van der Waals surface area contributed by atoms with Crippen molar-refractivity contribution in [2.75, 3.05) is 31.1 Å². The summed E-state index contributed by atoms with van der Waals surface area (Å²) in [6.07, 6.45) is 2.49. The minimum atomic E-state index is -0.449. The van der Waals surface area contributed by atoms with Gasteiger partial charge in [0, 0.05) is 24.4 Å². The molecule has 2 unspecified atom stereocenters. The number of carbonyl (C=O) groups is 2. The van der Waals surface area contributed by atoms with Crippen LogP contribution in [0.25, 0.3) is 0 Å². The number of nitrogens with one attached hydrogen (secondary N) is 1. The molecule has 2 amide bonds. The van der Waals surface area contributed by atoms with Gasteiger partial charge >= 0.3 is 0 Å². The molecular weight excluding hydrogens is 377 g/mol. The number of hydrogen-bond donors (Lipinski definition) is 1. The number of anilines is 1. The van der Waals surface area contributed by atoms with Gasteiger partial charge in [0.15, 0.2) is 0 Å². The Balaban J connectivity index is 1.39. The highest BCUT2D eigenvalue weighted by molar-refractivity contribution is 7.10. The third kappa shape index (κ3) is 3.95. The lowest BCUT2D eigenvalue weighted by Crippen LogP contribution is -2.39. The topological polar surface area (TPSA) is 52.7 Å². The summed E-state index contributed by atoms with van der Waals surface area (Å²) in [6.45, 7) is 2.84. The Kier molecular flexibility index (Phi) is 5.73. The molecule has 0 spiro atoms. The minimum absolute atomic E-state index is 0.119. The van der Waals surface area contributed by atoms with Gasteiger partial charge in [-0.15, -0.1) is 11.3 Å². The predicted molar refractivity (Wildman–Crippen MR) is 108 cm³/mol. The van der Waals surface area contributed by atoms with Crippen LogP contribution in [-0.2, 0) is 9.59 Å². The molecule has 1 aromatic carbocycles. The van der Waals surface area contributed by atoms with Crippen LogP contribution in [0, 0.1) is 11.7 Å². The molecule has 4 rings (SSSR count). The van der Waals surface area contributed by atoms with E-state index >= 15 is 0 Å². The van der Waals surface area contributed by atoms with Gasteiger partial charge in [0.25, 0.3) is 0 Å². The number of benzene rings is 1. The summed E-state index contributed by atoms with van der Waals surface area (Å²) in [5, 5.41) is 5.11. The molecule has 28 heavy (non-hydrogen) atoms. The molecule has 2 aliphatic rings. The third-order valence-corrected chi connectivity index (χ3v) is 6.54. The fourth-order valence-electron chi connectivity index (χ4n) is 4.07. The van der Waals surface area contributed by atoms with E-state index in [2.05, 4.69) is 21.7 Å². The van der Waals surface area contributed by atoms with Gasteiger partial charge in [0.1, 0.15) is 5.82 Å². The Morgan fingerprint density at radius 1 is 1.21 bits per heavy atom. The zero-order valence-electron chi connectivity index (χ0n) is 15.6. The van der Waals surface area contributed by atoms with E-state index in [4.69, 9.17) is 0 Å². The monoisotopic (exact) mass is 401 g/mol. The molecule has 2 saturated heterocycles. The molecule has 3 heterocycles. The van der Waals surface area contributed by atoms with Crippen LogP contribution in [0.15, 0.2) is 41.8 Å². The fraction of sp³-hybridized carbons (Fsp3) is 0.429. The molecule has 0 bridgehead atoms. The molecule has 148 valence electrons. The number of carbonyl (C=O) groups excluding carboxylic acids is 2. The van der Waals surface area contributed by atoms with Gasteiger partial charge in [0.2, 0.25) is 11.8 Å². The van der Waals surface area contributed by atoms with Crippen molar-refractivity contribution in [3.05, 3.63) is 52.5 Å². The summed E-state index contributed by atoms with van der Waals surface area (Å²) in [5.41, 5.74) is 0.247. The van der Waals surface area contributed by atoms with Gasteiger partial charge in [-0.05, 0) is 49.5 Å². The first-order valence-corrected chi connectivity index (χ1v) is 10.6. The first-order chi connectivity index (χ1) is 13.6. The van der Waals surface area contributed by atoms with Crippen LogP contribution in [0.1, 0.15) is 30.2 Å². The lowest BCUT2D eigenvalue weighted by molar-refractivity contribution is -0.126. The van der Waals surface area contributed by atoms with E-state index < -0.39 is 11.7 Å². The first kappa shape index (κ1) is 19.1. The van der Waals surface area contributed by atoms with Crippen LogP contribution in [0.5, 0.6) is 0 Å². The van der Waals surface area contributed by atoms with Crippen LogP contribution in [0.3, 0.4) is 0 Å². The molecular formula is C21H24FN3O2S. The highest BCUT2D eigenvalue weighted by atomic mass is 32.1. The molecule has 5 nitrogen and oxygen atoms in total. The second-order valence-electron chi connectivity index (χ2n) is 7.38. The average Bonchev–Trinajstić information content (AvgIpc) is 3.45. The number of para-hydroxylation sites is 1. The molecule has 2 fully saturated rings. The second-order valence-corrected chi connectivity index (χ2v) is 8.36. The van der Waals surface area contributed by atoms with E-state index in [1.54, 1.807) is 29.5 Å². The smallest absolute Gasteiger partial charge is 0.227 e. The summed E-state index contributed by atoms with van der Waals surface area (Å²) in [6, 6.07) is 10.5. The van der Waals surface area contributed by atoms with E-state index in [1.165, 1.54) is 28.7 Å². The maximum absolute atomic E-state index is 14.0.